The average Bonchev–Trinajstić information content (AvgIpc) is 2.68. The summed E-state index contributed by atoms with van der Waals surface area (Å²) in [5.41, 5.74) is 1.15. The van der Waals surface area contributed by atoms with Crippen molar-refractivity contribution in [3.8, 4) is 0 Å². The normalized spacial score (nSPS) is 18.9. The van der Waals surface area contributed by atoms with Crippen molar-refractivity contribution in [1.82, 2.24) is 10.2 Å². The Morgan fingerprint density at radius 3 is 2.41 bits per heavy atom. The molecule has 0 spiro atoms. The fraction of sp³-hybridized carbons (Fsp3) is 0.571. The quantitative estimate of drug-likeness (QED) is 0.832. The van der Waals surface area contributed by atoms with Gasteiger partial charge >= 0.3 is 5.97 Å². The maximum absolute atomic E-state index is 12.7. The highest BCUT2D eigenvalue weighted by Gasteiger charge is 2.27. The van der Waals surface area contributed by atoms with Crippen LogP contribution in [0.3, 0.4) is 0 Å². The minimum absolute atomic E-state index is 0.0701. The number of likely N-dealkylation sites (tertiary alicyclic amines) is 1. The Kier molecular flexibility index (Phi) is 6.48. The van der Waals surface area contributed by atoms with Gasteiger partial charge in [0.05, 0.1) is 6.42 Å². The van der Waals surface area contributed by atoms with Crippen LogP contribution in [0.1, 0.15) is 60.9 Å². The lowest BCUT2D eigenvalue weighted by Gasteiger charge is -2.33. The van der Waals surface area contributed by atoms with Crippen molar-refractivity contribution in [2.24, 2.45) is 5.92 Å². The zero-order valence-corrected chi connectivity index (χ0v) is 15.7. The summed E-state index contributed by atoms with van der Waals surface area (Å²) in [6.45, 7) is 1.22. The first-order chi connectivity index (χ1) is 13.0. The van der Waals surface area contributed by atoms with Crippen LogP contribution >= 0.6 is 0 Å². The minimum atomic E-state index is -0.908. The van der Waals surface area contributed by atoms with Crippen LogP contribution in [0.2, 0.25) is 0 Å². The van der Waals surface area contributed by atoms with Crippen LogP contribution in [-0.4, -0.2) is 46.9 Å². The molecule has 1 aliphatic carbocycles. The molecule has 2 N–H and O–H groups in total. The number of nitrogens with one attached hydrogen (secondary N) is 1. The lowest BCUT2D eigenvalue weighted by Crippen LogP contribution is -2.48. The number of carbonyl (C=O) groups excluding carboxylic acids is 2. The van der Waals surface area contributed by atoms with E-state index >= 15 is 0 Å². The van der Waals surface area contributed by atoms with Gasteiger partial charge in [0.25, 0.3) is 5.91 Å². The van der Waals surface area contributed by atoms with Crippen LogP contribution < -0.4 is 5.32 Å². The van der Waals surface area contributed by atoms with Gasteiger partial charge in [0.1, 0.15) is 0 Å². The van der Waals surface area contributed by atoms with E-state index in [1.807, 2.05) is 0 Å². The largest absolute Gasteiger partial charge is 0.481 e. The molecule has 6 heteroatoms. The Bertz CT molecular complexity index is 689. The third-order valence-electron chi connectivity index (χ3n) is 5.63. The Balaban J connectivity index is 1.50. The highest BCUT2D eigenvalue weighted by Crippen LogP contribution is 2.24. The molecule has 0 bridgehead atoms. The highest BCUT2D eigenvalue weighted by atomic mass is 16.4. The molecule has 0 radical (unpaired) electrons. The molecule has 1 heterocycles. The monoisotopic (exact) mass is 372 g/mol. The number of carbonyl (C=O) groups is 3. The number of piperidine rings is 1. The standard InChI is InChI=1S/C21H28N2O4/c24-19(25)14-15-5-4-8-17(13-15)21(27)23-11-9-18(10-12-23)22-20(26)16-6-2-1-3-7-16/h4-5,8,13,16,18H,1-3,6-7,9-12,14H2,(H,22,26)(H,24,25). The van der Waals surface area contributed by atoms with Crippen molar-refractivity contribution in [3.05, 3.63) is 35.4 Å². The summed E-state index contributed by atoms with van der Waals surface area (Å²) in [4.78, 5) is 37.7. The van der Waals surface area contributed by atoms with Gasteiger partial charge < -0.3 is 15.3 Å². The van der Waals surface area contributed by atoms with Gasteiger partial charge in [-0.1, -0.05) is 31.4 Å². The highest BCUT2D eigenvalue weighted by molar-refractivity contribution is 5.94. The van der Waals surface area contributed by atoms with E-state index < -0.39 is 5.97 Å². The number of amides is 2. The molecule has 0 atom stereocenters. The molecule has 2 aliphatic rings. The van der Waals surface area contributed by atoms with Crippen LogP contribution in [-0.2, 0) is 16.0 Å². The SMILES string of the molecule is O=C(O)Cc1cccc(C(=O)N2CCC(NC(=O)C3CCCCC3)CC2)c1. The second-order valence-electron chi connectivity index (χ2n) is 7.68. The van der Waals surface area contributed by atoms with Gasteiger partial charge in [-0.3, -0.25) is 14.4 Å². The van der Waals surface area contributed by atoms with Crippen molar-refractivity contribution in [3.63, 3.8) is 0 Å². The van der Waals surface area contributed by atoms with E-state index in [1.165, 1.54) is 6.42 Å². The Morgan fingerprint density at radius 1 is 1.04 bits per heavy atom. The Morgan fingerprint density at radius 2 is 1.74 bits per heavy atom. The summed E-state index contributed by atoms with van der Waals surface area (Å²) in [7, 11) is 0. The molecule has 146 valence electrons. The summed E-state index contributed by atoms with van der Waals surface area (Å²) >= 11 is 0. The summed E-state index contributed by atoms with van der Waals surface area (Å²) in [5.74, 6) is -0.635. The molecule has 2 amide bonds. The Hall–Kier alpha value is -2.37. The van der Waals surface area contributed by atoms with E-state index in [9.17, 15) is 14.4 Å². The van der Waals surface area contributed by atoms with E-state index in [4.69, 9.17) is 5.11 Å². The number of hydrogen-bond acceptors (Lipinski definition) is 3. The first-order valence-electron chi connectivity index (χ1n) is 9.93. The predicted molar refractivity (Wildman–Crippen MR) is 101 cm³/mol. The van der Waals surface area contributed by atoms with Crippen LogP contribution in [0.25, 0.3) is 0 Å². The first kappa shape index (κ1) is 19.4. The molecule has 1 saturated carbocycles. The molecule has 1 aliphatic heterocycles. The summed E-state index contributed by atoms with van der Waals surface area (Å²) in [5, 5.41) is 12.1. The number of rotatable bonds is 5. The molecule has 1 aromatic rings. The van der Waals surface area contributed by atoms with Gasteiger partial charge in [0, 0.05) is 30.6 Å². The van der Waals surface area contributed by atoms with Gasteiger partial charge in [-0.25, -0.2) is 0 Å². The molecule has 27 heavy (non-hydrogen) atoms. The zero-order valence-electron chi connectivity index (χ0n) is 15.7. The number of nitrogens with zero attached hydrogens (tertiary/aromatic N) is 1. The molecule has 3 rings (SSSR count). The molecule has 0 aromatic heterocycles. The van der Waals surface area contributed by atoms with Crippen LogP contribution in [0.5, 0.6) is 0 Å². The Labute approximate surface area is 159 Å². The van der Waals surface area contributed by atoms with Gasteiger partial charge in [-0.15, -0.1) is 0 Å². The van der Waals surface area contributed by atoms with Crippen molar-refractivity contribution in [1.29, 1.82) is 0 Å². The van der Waals surface area contributed by atoms with E-state index in [0.717, 1.165) is 38.5 Å². The van der Waals surface area contributed by atoms with E-state index in [1.54, 1.807) is 29.2 Å². The van der Waals surface area contributed by atoms with Crippen LogP contribution in [0.15, 0.2) is 24.3 Å². The van der Waals surface area contributed by atoms with Gasteiger partial charge in [0.15, 0.2) is 0 Å². The summed E-state index contributed by atoms with van der Waals surface area (Å²) in [6, 6.07) is 6.97. The predicted octanol–water partition coefficient (Wildman–Crippen LogP) is 2.61. The first-order valence-corrected chi connectivity index (χ1v) is 9.93. The smallest absolute Gasteiger partial charge is 0.307 e. The molecule has 6 nitrogen and oxygen atoms in total. The molecular weight excluding hydrogens is 344 g/mol. The molecule has 1 aromatic carbocycles. The number of carboxylic acids is 1. The van der Waals surface area contributed by atoms with Crippen LogP contribution in [0, 0.1) is 5.92 Å². The van der Waals surface area contributed by atoms with Crippen LogP contribution in [0.4, 0.5) is 0 Å². The maximum atomic E-state index is 12.7. The number of aliphatic carboxylic acids is 1. The fourth-order valence-corrected chi connectivity index (χ4v) is 4.08. The minimum Gasteiger partial charge on any atom is -0.481 e. The fourth-order valence-electron chi connectivity index (χ4n) is 4.08. The summed E-state index contributed by atoms with van der Waals surface area (Å²) < 4.78 is 0. The topological polar surface area (TPSA) is 86.7 Å². The van der Waals surface area contributed by atoms with Crippen molar-refractivity contribution in [2.75, 3.05) is 13.1 Å². The second kappa shape index (κ2) is 9.02. The molecule has 1 saturated heterocycles. The van der Waals surface area contributed by atoms with Gasteiger partial charge in [0.2, 0.25) is 5.91 Å². The van der Waals surface area contributed by atoms with E-state index in [2.05, 4.69) is 5.32 Å². The van der Waals surface area contributed by atoms with Gasteiger partial charge in [-0.2, -0.15) is 0 Å². The van der Waals surface area contributed by atoms with Crippen molar-refractivity contribution in [2.45, 2.75) is 57.4 Å². The third kappa shape index (κ3) is 5.31. The molecule has 0 unspecified atom stereocenters. The number of benzene rings is 1. The third-order valence-corrected chi connectivity index (χ3v) is 5.63. The van der Waals surface area contributed by atoms with Crippen molar-refractivity contribution < 1.29 is 19.5 Å². The summed E-state index contributed by atoms with van der Waals surface area (Å²) in [6.07, 6.45) is 6.95. The average molecular weight is 372 g/mol. The van der Waals surface area contributed by atoms with E-state index in [-0.39, 0.29) is 30.2 Å². The second-order valence-corrected chi connectivity index (χ2v) is 7.68. The lowest BCUT2D eigenvalue weighted by atomic mass is 9.88. The molecule has 2 fully saturated rings. The van der Waals surface area contributed by atoms with E-state index in [0.29, 0.717) is 24.2 Å². The van der Waals surface area contributed by atoms with Gasteiger partial charge in [-0.05, 0) is 43.4 Å². The number of carboxylic acid groups (broad SMARTS) is 1. The zero-order chi connectivity index (χ0) is 19.2. The van der Waals surface area contributed by atoms with Crippen molar-refractivity contribution >= 4 is 17.8 Å². The maximum Gasteiger partial charge on any atom is 0.307 e. The lowest BCUT2D eigenvalue weighted by molar-refractivity contribution is -0.136. The number of hydrogen-bond donors (Lipinski definition) is 2. The molecular formula is C21H28N2O4.